The van der Waals surface area contributed by atoms with Crippen LogP contribution in [-0.4, -0.2) is 16.1 Å². The minimum atomic E-state index is 0.474. The molecular formula is C12H21N3. The molecule has 0 aromatic carbocycles. The predicted molar refractivity (Wildman–Crippen MR) is 61.8 cm³/mol. The lowest BCUT2D eigenvalue weighted by molar-refractivity contribution is 0.403. The fourth-order valence-electron chi connectivity index (χ4n) is 2.39. The normalized spacial score (nSPS) is 20.7. The molecule has 15 heavy (non-hydrogen) atoms. The monoisotopic (exact) mass is 207 g/mol. The van der Waals surface area contributed by atoms with Crippen molar-refractivity contribution < 1.29 is 0 Å². The molecule has 1 aliphatic rings. The lowest BCUT2D eigenvalue weighted by atomic mass is 9.96. The summed E-state index contributed by atoms with van der Waals surface area (Å²) in [7, 11) is 0. The summed E-state index contributed by atoms with van der Waals surface area (Å²) in [5.41, 5.74) is 2.73. The van der Waals surface area contributed by atoms with Gasteiger partial charge in [0.1, 0.15) is 0 Å². The van der Waals surface area contributed by atoms with E-state index in [0.29, 0.717) is 6.04 Å². The van der Waals surface area contributed by atoms with Crippen molar-refractivity contribution in [1.82, 2.24) is 14.9 Å². The standard InChI is InChI=1S/C12H21N3/c1-4-15-8-14-12-10(7-9(2)3)13-6-5-11(12)15/h8-10,13H,4-7H2,1-3H3. The Bertz CT molecular complexity index is 328. The molecule has 2 heterocycles. The first kappa shape index (κ1) is 10.7. The Morgan fingerprint density at radius 3 is 3.07 bits per heavy atom. The second-order valence-corrected chi connectivity index (χ2v) is 4.75. The van der Waals surface area contributed by atoms with E-state index in [4.69, 9.17) is 0 Å². The zero-order valence-electron chi connectivity index (χ0n) is 9.95. The van der Waals surface area contributed by atoms with Crippen LogP contribution in [0.1, 0.15) is 44.6 Å². The lowest BCUT2D eigenvalue weighted by Crippen LogP contribution is -2.31. The summed E-state index contributed by atoms with van der Waals surface area (Å²) in [5, 5.41) is 3.57. The first-order valence-corrected chi connectivity index (χ1v) is 5.99. The summed E-state index contributed by atoms with van der Waals surface area (Å²) in [6, 6.07) is 0.474. The van der Waals surface area contributed by atoms with Crippen LogP contribution in [0, 0.1) is 5.92 Å². The number of aryl methyl sites for hydroxylation is 1. The number of nitrogens with zero attached hydrogens (tertiary/aromatic N) is 2. The number of aromatic nitrogens is 2. The van der Waals surface area contributed by atoms with E-state index in [1.54, 1.807) is 0 Å². The molecule has 0 saturated heterocycles. The summed E-state index contributed by atoms with van der Waals surface area (Å²) in [6.45, 7) is 8.85. The van der Waals surface area contributed by atoms with Gasteiger partial charge in [-0.3, -0.25) is 0 Å². The maximum Gasteiger partial charge on any atom is 0.0952 e. The quantitative estimate of drug-likeness (QED) is 0.823. The summed E-state index contributed by atoms with van der Waals surface area (Å²) in [4.78, 5) is 4.56. The van der Waals surface area contributed by atoms with E-state index in [-0.39, 0.29) is 0 Å². The van der Waals surface area contributed by atoms with Crippen LogP contribution in [-0.2, 0) is 13.0 Å². The molecule has 3 nitrogen and oxygen atoms in total. The molecular weight excluding hydrogens is 186 g/mol. The van der Waals surface area contributed by atoms with Crippen LogP contribution in [0.25, 0.3) is 0 Å². The Morgan fingerprint density at radius 1 is 1.60 bits per heavy atom. The minimum Gasteiger partial charge on any atom is -0.334 e. The minimum absolute atomic E-state index is 0.474. The molecule has 1 unspecified atom stereocenters. The van der Waals surface area contributed by atoms with Gasteiger partial charge in [-0.25, -0.2) is 4.98 Å². The van der Waals surface area contributed by atoms with Crippen LogP contribution >= 0.6 is 0 Å². The van der Waals surface area contributed by atoms with Gasteiger partial charge in [0.05, 0.1) is 18.1 Å². The Hall–Kier alpha value is -0.830. The van der Waals surface area contributed by atoms with Crippen molar-refractivity contribution in [1.29, 1.82) is 0 Å². The van der Waals surface area contributed by atoms with Crippen LogP contribution in [0.3, 0.4) is 0 Å². The van der Waals surface area contributed by atoms with Gasteiger partial charge in [0.2, 0.25) is 0 Å². The molecule has 0 radical (unpaired) electrons. The van der Waals surface area contributed by atoms with Gasteiger partial charge in [-0.1, -0.05) is 13.8 Å². The van der Waals surface area contributed by atoms with E-state index in [0.717, 1.165) is 25.4 Å². The molecule has 0 amide bonds. The number of hydrogen-bond donors (Lipinski definition) is 1. The maximum atomic E-state index is 4.56. The number of rotatable bonds is 3. The molecule has 3 heteroatoms. The van der Waals surface area contributed by atoms with Gasteiger partial charge in [-0.15, -0.1) is 0 Å². The Labute approximate surface area is 91.9 Å². The molecule has 1 atom stereocenters. The molecule has 0 fully saturated rings. The van der Waals surface area contributed by atoms with Crippen molar-refractivity contribution in [3.8, 4) is 0 Å². The first-order chi connectivity index (χ1) is 7.22. The molecule has 0 aliphatic carbocycles. The Morgan fingerprint density at radius 2 is 2.40 bits per heavy atom. The van der Waals surface area contributed by atoms with E-state index in [9.17, 15) is 0 Å². The summed E-state index contributed by atoms with van der Waals surface area (Å²) in [6.07, 6.45) is 4.30. The van der Waals surface area contributed by atoms with Crippen molar-refractivity contribution in [3.63, 3.8) is 0 Å². The molecule has 84 valence electrons. The van der Waals surface area contributed by atoms with Gasteiger partial charge in [-0.05, 0) is 19.3 Å². The highest BCUT2D eigenvalue weighted by Crippen LogP contribution is 2.26. The van der Waals surface area contributed by atoms with Crippen LogP contribution < -0.4 is 5.32 Å². The van der Waals surface area contributed by atoms with Crippen molar-refractivity contribution in [2.75, 3.05) is 6.54 Å². The molecule has 1 aromatic rings. The highest BCUT2D eigenvalue weighted by atomic mass is 15.1. The number of imidazole rings is 1. The van der Waals surface area contributed by atoms with E-state index in [1.807, 2.05) is 6.33 Å². The molecule has 1 aliphatic heterocycles. The summed E-state index contributed by atoms with van der Waals surface area (Å²) < 4.78 is 2.28. The molecule has 1 aromatic heterocycles. The second kappa shape index (κ2) is 4.35. The van der Waals surface area contributed by atoms with Crippen molar-refractivity contribution in [2.24, 2.45) is 5.92 Å². The van der Waals surface area contributed by atoms with Crippen molar-refractivity contribution in [2.45, 2.75) is 46.2 Å². The SMILES string of the molecule is CCn1cnc2c1CCNC2CC(C)C. The fourth-order valence-corrected chi connectivity index (χ4v) is 2.39. The molecule has 0 saturated carbocycles. The van der Waals surface area contributed by atoms with Gasteiger partial charge in [0.25, 0.3) is 0 Å². The van der Waals surface area contributed by atoms with E-state index >= 15 is 0 Å². The van der Waals surface area contributed by atoms with E-state index in [2.05, 4.69) is 35.6 Å². The Kier molecular flexibility index (Phi) is 3.10. The topological polar surface area (TPSA) is 29.9 Å². The Balaban J connectivity index is 2.23. The number of hydrogen-bond acceptors (Lipinski definition) is 2. The zero-order valence-corrected chi connectivity index (χ0v) is 9.95. The molecule has 0 spiro atoms. The molecule has 1 N–H and O–H groups in total. The molecule has 2 rings (SSSR count). The highest BCUT2D eigenvalue weighted by Gasteiger charge is 2.24. The number of fused-ring (bicyclic) bond motifs is 1. The van der Waals surface area contributed by atoms with Crippen LogP contribution in [0.15, 0.2) is 6.33 Å². The average Bonchev–Trinajstić information content (AvgIpc) is 2.61. The second-order valence-electron chi connectivity index (χ2n) is 4.75. The fraction of sp³-hybridized carbons (Fsp3) is 0.750. The van der Waals surface area contributed by atoms with Crippen LogP contribution in [0.5, 0.6) is 0 Å². The van der Waals surface area contributed by atoms with Gasteiger partial charge in [0, 0.05) is 25.2 Å². The maximum absolute atomic E-state index is 4.56. The highest BCUT2D eigenvalue weighted by molar-refractivity contribution is 5.20. The van der Waals surface area contributed by atoms with E-state index in [1.165, 1.54) is 17.8 Å². The smallest absolute Gasteiger partial charge is 0.0952 e. The van der Waals surface area contributed by atoms with Crippen molar-refractivity contribution in [3.05, 3.63) is 17.7 Å². The zero-order chi connectivity index (χ0) is 10.8. The van der Waals surface area contributed by atoms with E-state index < -0.39 is 0 Å². The van der Waals surface area contributed by atoms with Crippen LogP contribution in [0.2, 0.25) is 0 Å². The molecule has 0 bridgehead atoms. The van der Waals surface area contributed by atoms with Gasteiger partial charge >= 0.3 is 0 Å². The van der Waals surface area contributed by atoms with Gasteiger partial charge in [0.15, 0.2) is 0 Å². The van der Waals surface area contributed by atoms with Gasteiger partial charge in [-0.2, -0.15) is 0 Å². The number of nitrogens with one attached hydrogen (secondary N) is 1. The average molecular weight is 207 g/mol. The third-order valence-corrected chi connectivity index (χ3v) is 3.11. The largest absolute Gasteiger partial charge is 0.334 e. The first-order valence-electron chi connectivity index (χ1n) is 5.99. The summed E-state index contributed by atoms with van der Waals surface area (Å²) >= 11 is 0. The lowest BCUT2D eigenvalue weighted by Gasteiger charge is -2.25. The van der Waals surface area contributed by atoms with Crippen molar-refractivity contribution >= 4 is 0 Å². The predicted octanol–water partition coefficient (Wildman–Crippen LogP) is 2.14. The summed E-state index contributed by atoms with van der Waals surface area (Å²) in [5.74, 6) is 0.722. The third kappa shape index (κ3) is 2.07. The van der Waals surface area contributed by atoms with Gasteiger partial charge < -0.3 is 9.88 Å². The third-order valence-electron chi connectivity index (χ3n) is 3.11. The van der Waals surface area contributed by atoms with Crippen LogP contribution in [0.4, 0.5) is 0 Å².